The fraction of sp³-hybridized carbons (Fsp3) is 0.615. The van der Waals surface area contributed by atoms with E-state index in [0.717, 1.165) is 18.8 Å². The molecule has 1 aliphatic heterocycles. The summed E-state index contributed by atoms with van der Waals surface area (Å²) in [5.74, 6) is 0.992. The van der Waals surface area contributed by atoms with E-state index in [2.05, 4.69) is 41.3 Å². The molecule has 88 valence electrons. The van der Waals surface area contributed by atoms with E-state index < -0.39 is 0 Å². The van der Waals surface area contributed by atoms with Gasteiger partial charge in [-0.2, -0.15) is 0 Å². The smallest absolute Gasteiger partial charge is 0.125 e. The van der Waals surface area contributed by atoms with Crippen LogP contribution in [0.4, 0.5) is 5.82 Å². The van der Waals surface area contributed by atoms with Crippen LogP contribution in [0, 0.1) is 0 Å². The molecule has 0 bridgehead atoms. The van der Waals surface area contributed by atoms with Gasteiger partial charge in [-0.3, -0.25) is 4.90 Å². The summed E-state index contributed by atoms with van der Waals surface area (Å²) < 4.78 is 0. The minimum Gasteiger partial charge on any atom is -0.370 e. The molecule has 1 aromatic rings. The highest BCUT2D eigenvalue weighted by Crippen LogP contribution is 2.29. The van der Waals surface area contributed by atoms with Crippen molar-refractivity contribution in [2.75, 3.05) is 25.5 Å². The summed E-state index contributed by atoms with van der Waals surface area (Å²) in [7, 11) is 2.20. The third-order valence-corrected chi connectivity index (χ3v) is 3.25. The zero-order valence-electron chi connectivity index (χ0n) is 10.2. The van der Waals surface area contributed by atoms with Crippen molar-refractivity contribution in [2.45, 2.75) is 32.2 Å². The SMILES string of the molecule is CCCNc1ccc(C2CCCN2C)cn1. The van der Waals surface area contributed by atoms with Crippen molar-refractivity contribution in [1.82, 2.24) is 9.88 Å². The maximum absolute atomic E-state index is 4.46. The van der Waals surface area contributed by atoms with Gasteiger partial charge in [-0.15, -0.1) is 0 Å². The molecule has 0 saturated carbocycles. The molecule has 0 amide bonds. The predicted molar refractivity (Wildman–Crippen MR) is 67.6 cm³/mol. The number of anilines is 1. The van der Waals surface area contributed by atoms with Crippen molar-refractivity contribution in [2.24, 2.45) is 0 Å². The average molecular weight is 219 g/mol. The Hall–Kier alpha value is -1.09. The second kappa shape index (κ2) is 5.30. The molecular formula is C13H21N3. The van der Waals surface area contributed by atoms with Crippen LogP contribution in [0.25, 0.3) is 0 Å². The third-order valence-electron chi connectivity index (χ3n) is 3.25. The van der Waals surface area contributed by atoms with Gasteiger partial charge in [0.2, 0.25) is 0 Å². The Balaban J connectivity index is 2.01. The largest absolute Gasteiger partial charge is 0.370 e. The van der Waals surface area contributed by atoms with Gasteiger partial charge in [-0.05, 0) is 44.5 Å². The van der Waals surface area contributed by atoms with Crippen molar-refractivity contribution >= 4 is 5.82 Å². The number of pyridine rings is 1. The van der Waals surface area contributed by atoms with Crippen LogP contribution >= 0.6 is 0 Å². The van der Waals surface area contributed by atoms with Crippen molar-refractivity contribution in [3.05, 3.63) is 23.9 Å². The Morgan fingerprint density at radius 2 is 2.38 bits per heavy atom. The molecule has 1 aliphatic rings. The van der Waals surface area contributed by atoms with Crippen molar-refractivity contribution < 1.29 is 0 Å². The van der Waals surface area contributed by atoms with Gasteiger partial charge < -0.3 is 5.32 Å². The quantitative estimate of drug-likeness (QED) is 0.844. The van der Waals surface area contributed by atoms with Crippen molar-refractivity contribution in [1.29, 1.82) is 0 Å². The van der Waals surface area contributed by atoms with Gasteiger partial charge in [0, 0.05) is 18.8 Å². The highest BCUT2D eigenvalue weighted by Gasteiger charge is 2.22. The number of hydrogen-bond acceptors (Lipinski definition) is 3. The van der Waals surface area contributed by atoms with Crippen molar-refractivity contribution in [3.8, 4) is 0 Å². The number of rotatable bonds is 4. The summed E-state index contributed by atoms with van der Waals surface area (Å²) in [4.78, 5) is 6.87. The zero-order valence-corrected chi connectivity index (χ0v) is 10.2. The number of aromatic nitrogens is 1. The van der Waals surface area contributed by atoms with E-state index in [4.69, 9.17) is 0 Å². The third kappa shape index (κ3) is 2.53. The normalized spacial score (nSPS) is 21.2. The molecule has 0 aromatic carbocycles. The lowest BCUT2D eigenvalue weighted by Gasteiger charge is -2.19. The first-order valence-corrected chi connectivity index (χ1v) is 6.21. The van der Waals surface area contributed by atoms with Crippen LogP contribution in [-0.2, 0) is 0 Å². The summed E-state index contributed by atoms with van der Waals surface area (Å²) in [5, 5.41) is 3.30. The van der Waals surface area contributed by atoms with E-state index in [1.807, 2.05) is 6.20 Å². The molecule has 1 saturated heterocycles. The van der Waals surface area contributed by atoms with Crippen LogP contribution in [0.1, 0.15) is 37.8 Å². The van der Waals surface area contributed by atoms with Crippen LogP contribution in [0.5, 0.6) is 0 Å². The first-order valence-electron chi connectivity index (χ1n) is 6.21. The van der Waals surface area contributed by atoms with E-state index in [1.165, 1.54) is 24.9 Å². The van der Waals surface area contributed by atoms with Crippen LogP contribution < -0.4 is 5.32 Å². The molecule has 0 aliphatic carbocycles. The second-order valence-electron chi connectivity index (χ2n) is 4.54. The molecule has 2 rings (SSSR count). The summed E-state index contributed by atoms with van der Waals surface area (Å²) in [5.41, 5.74) is 1.35. The monoisotopic (exact) mass is 219 g/mol. The number of likely N-dealkylation sites (tertiary alicyclic amines) is 1. The van der Waals surface area contributed by atoms with Crippen LogP contribution in [-0.4, -0.2) is 30.0 Å². The molecule has 2 heterocycles. The van der Waals surface area contributed by atoms with Gasteiger partial charge in [0.25, 0.3) is 0 Å². The van der Waals surface area contributed by atoms with E-state index in [9.17, 15) is 0 Å². The lowest BCUT2D eigenvalue weighted by atomic mass is 10.1. The van der Waals surface area contributed by atoms with E-state index in [-0.39, 0.29) is 0 Å². The Kier molecular flexibility index (Phi) is 3.78. The maximum atomic E-state index is 4.46. The standard InChI is InChI=1S/C13H21N3/c1-3-8-14-13-7-6-11(10-15-13)12-5-4-9-16(12)2/h6-7,10,12H,3-5,8-9H2,1-2H3,(H,14,15). The number of hydrogen-bond donors (Lipinski definition) is 1. The summed E-state index contributed by atoms with van der Waals surface area (Å²) >= 11 is 0. The van der Waals surface area contributed by atoms with E-state index >= 15 is 0 Å². The summed E-state index contributed by atoms with van der Waals surface area (Å²) in [6.45, 7) is 4.37. The molecule has 1 aromatic heterocycles. The minimum atomic E-state index is 0.577. The lowest BCUT2D eigenvalue weighted by Crippen LogP contribution is -2.17. The van der Waals surface area contributed by atoms with Crippen LogP contribution in [0.15, 0.2) is 18.3 Å². The van der Waals surface area contributed by atoms with Crippen molar-refractivity contribution in [3.63, 3.8) is 0 Å². The molecule has 1 fully saturated rings. The Labute approximate surface area is 97.9 Å². The van der Waals surface area contributed by atoms with Gasteiger partial charge in [0.05, 0.1) is 0 Å². The Morgan fingerprint density at radius 1 is 1.50 bits per heavy atom. The van der Waals surface area contributed by atoms with Gasteiger partial charge >= 0.3 is 0 Å². The fourth-order valence-electron chi connectivity index (χ4n) is 2.29. The topological polar surface area (TPSA) is 28.2 Å². The van der Waals surface area contributed by atoms with Gasteiger partial charge in [0.1, 0.15) is 5.82 Å². The van der Waals surface area contributed by atoms with Gasteiger partial charge in [0.15, 0.2) is 0 Å². The molecule has 3 heteroatoms. The average Bonchev–Trinajstić information content (AvgIpc) is 2.74. The fourth-order valence-corrected chi connectivity index (χ4v) is 2.29. The molecule has 1 atom stereocenters. The summed E-state index contributed by atoms with van der Waals surface area (Å²) in [6.07, 6.45) is 5.72. The molecule has 1 unspecified atom stereocenters. The van der Waals surface area contributed by atoms with Crippen LogP contribution in [0.3, 0.4) is 0 Å². The molecule has 16 heavy (non-hydrogen) atoms. The predicted octanol–water partition coefficient (Wildman–Crippen LogP) is 2.67. The van der Waals surface area contributed by atoms with E-state index in [1.54, 1.807) is 0 Å². The second-order valence-corrected chi connectivity index (χ2v) is 4.54. The molecule has 3 nitrogen and oxygen atoms in total. The molecular weight excluding hydrogens is 198 g/mol. The van der Waals surface area contributed by atoms with E-state index in [0.29, 0.717) is 6.04 Å². The number of nitrogens with one attached hydrogen (secondary N) is 1. The molecule has 0 spiro atoms. The van der Waals surface area contributed by atoms with Gasteiger partial charge in [-0.25, -0.2) is 4.98 Å². The minimum absolute atomic E-state index is 0.577. The number of nitrogens with zero attached hydrogens (tertiary/aromatic N) is 2. The van der Waals surface area contributed by atoms with Gasteiger partial charge in [-0.1, -0.05) is 13.0 Å². The zero-order chi connectivity index (χ0) is 11.4. The first-order chi connectivity index (χ1) is 7.81. The Morgan fingerprint density at radius 3 is 2.94 bits per heavy atom. The van der Waals surface area contributed by atoms with Crippen LogP contribution in [0.2, 0.25) is 0 Å². The summed E-state index contributed by atoms with van der Waals surface area (Å²) in [6, 6.07) is 4.88. The maximum Gasteiger partial charge on any atom is 0.125 e. The highest BCUT2D eigenvalue weighted by atomic mass is 15.1. The first kappa shape index (κ1) is 11.4. The lowest BCUT2D eigenvalue weighted by molar-refractivity contribution is 0.317. The Bertz CT molecular complexity index is 320. The molecule has 0 radical (unpaired) electrons. The molecule has 1 N–H and O–H groups in total. The highest BCUT2D eigenvalue weighted by molar-refractivity contribution is 5.36.